The zero-order valence-electron chi connectivity index (χ0n) is 24.4. The summed E-state index contributed by atoms with van der Waals surface area (Å²) >= 11 is 0. The first-order valence-corrected chi connectivity index (χ1v) is 13.9. The lowest BCUT2D eigenvalue weighted by atomic mass is 9.98. The van der Waals surface area contributed by atoms with Gasteiger partial charge in [-0.15, -0.1) is 0 Å². The molecule has 3 rings (SSSR count). The molecule has 0 aromatic heterocycles. The maximum Gasteiger partial charge on any atom is 0.408 e. The van der Waals surface area contributed by atoms with Gasteiger partial charge in [-0.05, 0) is 62.6 Å². The Labute approximate surface area is 241 Å². The Morgan fingerprint density at radius 1 is 0.976 bits per heavy atom. The van der Waals surface area contributed by atoms with E-state index >= 15 is 0 Å². The molecule has 0 aliphatic heterocycles. The monoisotopic (exact) mass is 563 g/mol. The minimum Gasteiger partial charge on any atom is -0.507 e. The Balaban J connectivity index is 2.03. The van der Waals surface area contributed by atoms with Crippen LogP contribution in [0.1, 0.15) is 64.1 Å². The van der Waals surface area contributed by atoms with E-state index in [1.165, 1.54) is 4.90 Å². The van der Waals surface area contributed by atoms with Gasteiger partial charge in [-0.25, -0.2) is 4.79 Å². The fourth-order valence-corrected chi connectivity index (χ4v) is 4.56. The molecule has 3 amide bonds. The fourth-order valence-electron chi connectivity index (χ4n) is 4.56. The van der Waals surface area contributed by atoms with Gasteiger partial charge in [-0.3, -0.25) is 9.59 Å². The van der Waals surface area contributed by atoms with E-state index in [-0.39, 0.29) is 17.9 Å². The van der Waals surface area contributed by atoms with Gasteiger partial charge in [-0.2, -0.15) is 0 Å². The SMILES string of the molecule is CCCCCN(C(=O)C(CO)NC(=O)OC(C)(C)C)C(C(=O)Nc1ccc2ccccc2c1)c1cccc(C)c1O. The molecule has 0 radical (unpaired) electrons. The van der Waals surface area contributed by atoms with E-state index in [9.17, 15) is 24.6 Å². The summed E-state index contributed by atoms with van der Waals surface area (Å²) in [5, 5.41) is 28.5. The van der Waals surface area contributed by atoms with Crippen molar-refractivity contribution in [3.8, 4) is 5.75 Å². The van der Waals surface area contributed by atoms with E-state index in [1.54, 1.807) is 52.0 Å². The van der Waals surface area contributed by atoms with Crippen LogP contribution in [0.2, 0.25) is 0 Å². The first kappa shape index (κ1) is 31.4. The second-order valence-electron chi connectivity index (χ2n) is 11.1. The first-order chi connectivity index (χ1) is 19.4. The summed E-state index contributed by atoms with van der Waals surface area (Å²) < 4.78 is 5.29. The third kappa shape index (κ3) is 8.44. The summed E-state index contributed by atoms with van der Waals surface area (Å²) in [6.07, 6.45) is 1.35. The Morgan fingerprint density at radius 3 is 2.34 bits per heavy atom. The molecular weight excluding hydrogens is 522 g/mol. The molecule has 0 aliphatic rings. The number of benzene rings is 3. The van der Waals surface area contributed by atoms with Crippen LogP contribution in [0.25, 0.3) is 10.8 Å². The number of aliphatic hydroxyl groups excluding tert-OH is 1. The number of fused-ring (bicyclic) bond motifs is 1. The number of hydrogen-bond acceptors (Lipinski definition) is 6. The number of phenols is 1. The van der Waals surface area contributed by atoms with Crippen molar-refractivity contribution in [1.82, 2.24) is 10.2 Å². The van der Waals surface area contributed by atoms with Crippen molar-refractivity contribution in [2.75, 3.05) is 18.5 Å². The highest BCUT2D eigenvalue weighted by Crippen LogP contribution is 2.33. The van der Waals surface area contributed by atoms with Crippen LogP contribution >= 0.6 is 0 Å². The van der Waals surface area contributed by atoms with Gasteiger partial charge in [0.1, 0.15) is 23.4 Å². The number of unbranched alkanes of at least 4 members (excludes halogenated alkanes) is 2. The number of nitrogens with zero attached hydrogens (tertiary/aromatic N) is 1. The molecule has 0 aliphatic carbocycles. The van der Waals surface area contributed by atoms with Gasteiger partial charge in [0.15, 0.2) is 0 Å². The van der Waals surface area contributed by atoms with Crippen molar-refractivity contribution in [3.05, 3.63) is 71.8 Å². The van der Waals surface area contributed by atoms with Crippen LogP contribution in [0.3, 0.4) is 0 Å². The third-order valence-electron chi connectivity index (χ3n) is 6.60. The Hall–Kier alpha value is -4.11. The molecule has 0 saturated heterocycles. The zero-order chi connectivity index (χ0) is 30.2. The number of para-hydroxylation sites is 1. The van der Waals surface area contributed by atoms with E-state index in [4.69, 9.17) is 4.74 Å². The van der Waals surface area contributed by atoms with Crippen LogP contribution in [-0.4, -0.2) is 57.8 Å². The molecule has 0 heterocycles. The molecule has 9 heteroatoms. The standard InChI is InChI=1S/C32H41N3O6/c1-6-7-10-18-35(30(39)26(20-36)34-31(40)41-32(3,4)5)27(25-15-11-12-21(2)28(25)37)29(38)33-24-17-16-22-13-8-9-14-23(22)19-24/h8-9,11-17,19,26-27,36-37H,6-7,10,18,20H2,1-5H3,(H,33,38)(H,34,40). The van der Waals surface area contributed by atoms with Gasteiger partial charge in [0.2, 0.25) is 5.91 Å². The van der Waals surface area contributed by atoms with Crippen LogP contribution in [0, 0.1) is 6.92 Å². The van der Waals surface area contributed by atoms with Crippen molar-refractivity contribution >= 4 is 34.4 Å². The van der Waals surface area contributed by atoms with Crippen molar-refractivity contribution in [3.63, 3.8) is 0 Å². The van der Waals surface area contributed by atoms with Crippen LogP contribution in [0.15, 0.2) is 60.7 Å². The topological polar surface area (TPSA) is 128 Å². The summed E-state index contributed by atoms with van der Waals surface area (Å²) in [6.45, 7) is 8.24. The number of aliphatic hydroxyl groups is 1. The lowest BCUT2D eigenvalue weighted by Gasteiger charge is -2.34. The number of carbonyl (C=O) groups is 3. The molecule has 41 heavy (non-hydrogen) atoms. The molecule has 0 fully saturated rings. The molecule has 3 aromatic rings. The average molecular weight is 564 g/mol. The smallest absolute Gasteiger partial charge is 0.408 e. The van der Waals surface area contributed by atoms with Gasteiger partial charge in [0.25, 0.3) is 5.91 Å². The highest BCUT2D eigenvalue weighted by atomic mass is 16.6. The highest BCUT2D eigenvalue weighted by molar-refractivity contribution is 6.00. The highest BCUT2D eigenvalue weighted by Gasteiger charge is 2.37. The summed E-state index contributed by atoms with van der Waals surface area (Å²) in [5.41, 5.74) is 0.487. The number of ether oxygens (including phenoxy) is 1. The molecular formula is C32H41N3O6. The summed E-state index contributed by atoms with van der Waals surface area (Å²) in [6, 6.07) is 15.6. The molecule has 2 atom stereocenters. The molecule has 220 valence electrons. The second kappa shape index (κ2) is 14.0. The zero-order valence-corrected chi connectivity index (χ0v) is 24.4. The van der Waals surface area contributed by atoms with Gasteiger partial charge >= 0.3 is 6.09 Å². The van der Waals surface area contributed by atoms with E-state index in [2.05, 4.69) is 10.6 Å². The third-order valence-corrected chi connectivity index (χ3v) is 6.60. The minimum absolute atomic E-state index is 0.111. The number of carbonyl (C=O) groups excluding carboxylic acids is 3. The molecule has 9 nitrogen and oxygen atoms in total. The minimum atomic E-state index is -1.37. The quantitative estimate of drug-likeness (QED) is 0.230. The number of hydrogen-bond donors (Lipinski definition) is 4. The van der Waals surface area contributed by atoms with Crippen LogP contribution < -0.4 is 10.6 Å². The van der Waals surface area contributed by atoms with Crippen molar-refractivity contribution in [1.29, 1.82) is 0 Å². The number of aryl methyl sites for hydroxylation is 1. The fraction of sp³-hybridized carbons (Fsp3) is 0.406. The van der Waals surface area contributed by atoms with Crippen LogP contribution in [-0.2, 0) is 14.3 Å². The second-order valence-corrected chi connectivity index (χ2v) is 11.1. The van der Waals surface area contributed by atoms with E-state index < -0.39 is 42.2 Å². The molecule has 2 unspecified atom stereocenters. The largest absolute Gasteiger partial charge is 0.507 e. The Kier molecular flexibility index (Phi) is 10.7. The number of anilines is 1. The number of amides is 3. The first-order valence-electron chi connectivity index (χ1n) is 13.9. The maximum atomic E-state index is 14.0. The van der Waals surface area contributed by atoms with Gasteiger partial charge in [0, 0.05) is 17.8 Å². The normalized spacial score (nSPS) is 12.8. The van der Waals surface area contributed by atoms with Crippen molar-refractivity contribution in [2.24, 2.45) is 0 Å². The van der Waals surface area contributed by atoms with Gasteiger partial charge in [-0.1, -0.05) is 68.3 Å². The Bertz CT molecular complexity index is 1370. The summed E-state index contributed by atoms with van der Waals surface area (Å²) in [4.78, 5) is 41.8. The predicted octanol–water partition coefficient (Wildman–Crippen LogP) is 5.44. The van der Waals surface area contributed by atoms with Crippen LogP contribution in [0.5, 0.6) is 5.75 Å². The summed E-state index contributed by atoms with van der Waals surface area (Å²) in [5.74, 6) is -1.32. The maximum absolute atomic E-state index is 14.0. The lowest BCUT2D eigenvalue weighted by molar-refractivity contribution is -0.141. The lowest BCUT2D eigenvalue weighted by Crippen LogP contribution is -2.54. The van der Waals surface area contributed by atoms with E-state index in [0.29, 0.717) is 17.7 Å². The van der Waals surface area contributed by atoms with E-state index in [1.807, 2.05) is 43.3 Å². The molecule has 3 aromatic carbocycles. The number of aromatic hydroxyl groups is 1. The number of phenolic OH excluding ortho intramolecular Hbond substituents is 1. The Morgan fingerprint density at radius 2 is 1.68 bits per heavy atom. The van der Waals surface area contributed by atoms with Gasteiger partial charge in [0.05, 0.1) is 6.61 Å². The van der Waals surface area contributed by atoms with E-state index in [0.717, 1.165) is 23.6 Å². The van der Waals surface area contributed by atoms with Gasteiger partial charge < -0.3 is 30.5 Å². The predicted molar refractivity (Wildman–Crippen MR) is 160 cm³/mol. The van der Waals surface area contributed by atoms with Crippen molar-refractivity contribution in [2.45, 2.75) is 71.6 Å². The molecule has 4 N–H and O–H groups in total. The van der Waals surface area contributed by atoms with Crippen LogP contribution in [0.4, 0.5) is 10.5 Å². The number of alkyl carbamates (subject to hydrolysis) is 1. The molecule has 0 bridgehead atoms. The molecule has 0 spiro atoms. The number of rotatable bonds is 11. The number of nitrogens with one attached hydrogen (secondary N) is 2. The van der Waals surface area contributed by atoms with Crippen molar-refractivity contribution < 1.29 is 29.3 Å². The summed E-state index contributed by atoms with van der Waals surface area (Å²) in [7, 11) is 0. The molecule has 0 saturated carbocycles. The average Bonchev–Trinajstić information content (AvgIpc) is 2.92.